The number of carbonyl (C=O) groups excluding carboxylic acids is 1. The molecule has 0 aromatic heterocycles. The van der Waals surface area contributed by atoms with Crippen molar-refractivity contribution in [3.05, 3.63) is 41.5 Å². The summed E-state index contributed by atoms with van der Waals surface area (Å²) in [4.78, 5) is 14.3. The number of amides is 2. The van der Waals surface area contributed by atoms with E-state index < -0.39 is 0 Å². The van der Waals surface area contributed by atoms with Crippen molar-refractivity contribution in [1.29, 1.82) is 0 Å². The minimum atomic E-state index is 0.00615. The van der Waals surface area contributed by atoms with Crippen LogP contribution < -0.4 is 5.32 Å². The zero-order valence-electron chi connectivity index (χ0n) is 12.2. The standard InChI is InChI=1S/C17H22N2O/c1-12(2)16-7-4-10-19(16)17(20)18-15-9-8-13-5-3-6-14(13)11-15/h4,7-9,11-12,16H,3,5-6,10H2,1-2H3,(H,18,20)/t16-/m0/s1. The fourth-order valence-electron chi connectivity index (χ4n) is 3.18. The Morgan fingerprint density at radius 3 is 2.90 bits per heavy atom. The Morgan fingerprint density at radius 2 is 2.10 bits per heavy atom. The van der Waals surface area contributed by atoms with Gasteiger partial charge in [-0.1, -0.05) is 32.1 Å². The van der Waals surface area contributed by atoms with E-state index in [2.05, 4.69) is 43.4 Å². The number of nitrogens with one attached hydrogen (secondary N) is 1. The zero-order valence-corrected chi connectivity index (χ0v) is 12.2. The molecule has 3 heteroatoms. The third kappa shape index (κ3) is 2.45. The van der Waals surface area contributed by atoms with E-state index in [9.17, 15) is 4.79 Å². The maximum absolute atomic E-state index is 12.4. The molecule has 0 bridgehead atoms. The quantitative estimate of drug-likeness (QED) is 0.818. The van der Waals surface area contributed by atoms with Gasteiger partial charge in [0.2, 0.25) is 0 Å². The summed E-state index contributed by atoms with van der Waals surface area (Å²) in [6, 6.07) is 6.53. The van der Waals surface area contributed by atoms with Gasteiger partial charge in [0.25, 0.3) is 0 Å². The Hall–Kier alpha value is -1.77. The first kappa shape index (κ1) is 13.2. The van der Waals surface area contributed by atoms with E-state index in [1.165, 1.54) is 24.0 Å². The Morgan fingerprint density at radius 1 is 1.30 bits per heavy atom. The second-order valence-corrected chi connectivity index (χ2v) is 6.08. The highest BCUT2D eigenvalue weighted by atomic mass is 16.2. The van der Waals surface area contributed by atoms with Crippen molar-refractivity contribution >= 4 is 11.7 Å². The highest BCUT2D eigenvalue weighted by Crippen LogP contribution is 2.25. The van der Waals surface area contributed by atoms with Gasteiger partial charge in [-0.15, -0.1) is 0 Å². The van der Waals surface area contributed by atoms with E-state index >= 15 is 0 Å². The molecular weight excluding hydrogens is 248 g/mol. The third-order valence-electron chi connectivity index (χ3n) is 4.29. The number of hydrogen-bond donors (Lipinski definition) is 1. The van der Waals surface area contributed by atoms with Gasteiger partial charge in [-0.3, -0.25) is 0 Å². The van der Waals surface area contributed by atoms with E-state index in [1.807, 2.05) is 11.0 Å². The molecule has 1 heterocycles. The Balaban J connectivity index is 1.70. The molecule has 0 fully saturated rings. The molecule has 1 aliphatic carbocycles. The first-order valence-corrected chi connectivity index (χ1v) is 7.51. The van der Waals surface area contributed by atoms with Crippen molar-refractivity contribution in [2.75, 3.05) is 11.9 Å². The molecular formula is C17H22N2O. The Bertz CT molecular complexity index is 548. The Kier molecular flexibility index (Phi) is 3.51. The lowest BCUT2D eigenvalue weighted by Gasteiger charge is -2.27. The van der Waals surface area contributed by atoms with Crippen molar-refractivity contribution in [2.24, 2.45) is 5.92 Å². The molecule has 0 radical (unpaired) electrons. The predicted molar refractivity (Wildman–Crippen MR) is 82.0 cm³/mol. The molecule has 1 aromatic carbocycles. The summed E-state index contributed by atoms with van der Waals surface area (Å²) in [6.45, 7) is 5.01. The molecule has 20 heavy (non-hydrogen) atoms. The first-order chi connectivity index (χ1) is 9.65. The van der Waals surface area contributed by atoms with Crippen LogP contribution in [0.5, 0.6) is 0 Å². The third-order valence-corrected chi connectivity index (χ3v) is 4.29. The first-order valence-electron chi connectivity index (χ1n) is 7.51. The van der Waals surface area contributed by atoms with E-state index in [1.54, 1.807) is 0 Å². The molecule has 0 unspecified atom stereocenters. The number of rotatable bonds is 2. The Labute approximate surface area is 120 Å². The summed E-state index contributed by atoms with van der Waals surface area (Å²) in [5.41, 5.74) is 3.75. The van der Waals surface area contributed by atoms with Crippen molar-refractivity contribution in [3.63, 3.8) is 0 Å². The SMILES string of the molecule is CC(C)[C@@H]1C=CCN1C(=O)Nc1ccc2c(c1)CCC2. The maximum Gasteiger partial charge on any atom is 0.322 e. The minimum absolute atomic E-state index is 0.00615. The zero-order chi connectivity index (χ0) is 14.1. The van der Waals surface area contributed by atoms with Crippen LogP contribution in [0.3, 0.4) is 0 Å². The highest BCUT2D eigenvalue weighted by molar-refractivity contribution is 5.90. The number of aryl methyl sites for hydroxylation is 2. The lowest BCUT2D eigenvalue weighted by atomic mass is 10.1. The summed E-state index contributed by atoms with van der Waals surface area (Å²) in [5, 5.41) is 3.05. The van der Waals surface area contributed by atoms with Crippen LogP contribution in [0.2, 0.25) is 0 Å². The molecule has 3 rings (SSSR count). The number of fused-ring (bicyclic) bond motifs is 1. The van der Waals surface area contributed by atoms with Gasteiger partial charge in [0.15, 0.2) is 0 Å². The normalized spacial score (nSPS) is 20.6. The van der Waals surface area contributed by atoms with Crippen LogP contribution in [-0.2, 0) is 12.8 Å². The van der Waals surface area contributed by atoms with Gasteiger partial charge in [-0.05, 0) is 48.4 Å². The lowest BCUT2D eigenvalue weighted by molar-refractivity contribution is 0.199. The van der Waals surface area contributed by atoms with E-state index in [4.69, 9.17) is 0 Å². The monoisotopic (exact) mass is 270 g/mol. The number of carbonyl (C=O) groups is 1. The summed E-state index contributed by atoms with van der Waals surface area (Å²) >= 11 is 0. The fourth-order valence-corrected chi connectivity index (χ4v) is 3.18. The molecule has 2 aliphatic rings. The van der Waals surface area contributed by atoms with Crippen LogP contribution in [-0.4, -0.2) is 23.5 Å². The average molecular weight is 270 g/mol. The van der Waals surface area contributed by atoms with Gasteiger partial charge in [-0.2, -0.15) is 0 Å². The minimum Gasteiger partial charge on any atom is -0.314 e. The van der Waals surface area contributed by atoms with Crippen LogP contribution >= 0.6 is 0 Å². The van der Waals surface area contributed by atoms with Gasteiger partial charge >= 0.3 is 6.03 Å². The van der Waals surface area contributed by atoms with E-state index in [-0.39, 0.29) is 12.1 Å². The van der Waals surface area contributed by atoms with E-state index in [0.717, 1.165) is 12.1 Å². The molecule has 1 atom stereocenters. The largest absolute Gasteiger partial charge is 0.322 e. The number of benzene rings is 1. The van der Waals surface area contributed by atoms with Crippen molar-refractivity contribution in [1.82, 2.24) is 4.90 Å². The average Bonchev–Trinajstić information content (AvgIpc) is 3.06. The number of urea groups is 1. The summed E-state index contributed by atoms with van der Waals surface area (Å²) in [5.74, 6) is 0.444. The predicted octanol–water partition coefficient (Wildman–Crippen LogP) is 3.60. The lowest BCUT2D eigenvalue weighted by Crippen LogP contribution is -2.41. The molecule has 2 amide bonds. The van der Waals surface area contributed by atoms with Crippen molar-refractivity contribution in [3.8, 4) is 0 Å². The summed E-state index contributed by atoms with van der Waals surface area (Å²) in [6.07, 6.45) is 7.76. The second-order valence-electron chi connectivity index (χ2n) is 6.08. The van der Waals surface area contributed by atoms with Crippen LogP contribution in [0.1, 0.15) is 31.4 Å². The fraction of sp³-hybridized carbons (Fsp3) is 0.471. The smallest absolute Gasteiger partial charge is 0.314 e. The van der Waals surface area contributed by atoms with Gasteiger partial charge in [0, 0.05) is 12.2 Å². The topological polar surface area (TPSA) is 32.3 Å². The molecule has 1 N–H and O–H groups in total. The van der Waals surface area contributed by atoms with Gasteiger partial charge < -0.3 is 10.2 Å². The van der Waals surface area contributed by atoms with Crippen LogP contribution in [0, 0.1) is 5.92 Å². The molecule has 0 spiro atoms. The molecule has 3 nitrogen and oxygen atoms in total. The van der Waals surface area contributed by atoms with E-state index in [0.29, 0.717) is 12.5 Å². The summed E-state index contributed by atoms with van der Waals surface area (Å²) in [7, 11) is 0. The maximum atomic E-state index is 12.4. The molecule has 0 saturated carbocycles. The highest BCUT2D eigenvalue weighted by Gasteiger charge is 2.27. The molecule has 106 valence electrons. The van der Waals surface area contributed by atoms with Gasteiger partial charge in [0.1, 0.15) is 0 Å². The number of anilines is 1. The van der Waals surface area contributed by atoms with Crippen molar-refractivity contribution in [2.45, 2.75) is 39.2 Å². The van der Waals surface area contributed by atoms with Gasteiger partial charge in [-0.25, -0.2) is 4.79 Å². The molecule has 0 saturated heterocycles. The number of nitrogens with zero attached hydrogens (tertiary/aromatic N) is 1. The van der Waals surface area contributed by atoms with Crippen LogP contribution in [0.25, 0.3) is 0 Å². The summed E-state index contributed by atoms with van der Waals surface area (Å²) < 4.78 is 0. The molecule has 1 aliphatic heterocycles. The molecule has 1 aromatic rings. The van der Waals surface area contributed by atoms with Crippen LogP contribution in [0.15, 0.2) is 30.4 Å². The van der Waals surface area contributed by atoms with Crippen molar-refractivity contribution < 1.29 is 4.79 Å². The van der Waals surface area contributed by atoms with Crippen LogP contribution in [0.4, 0.5) is 10.5 Å². The van der Waals surface area contributed by atoms with Gasteiger partial charge in [0.05, 0.1) is 6.04 Å². The second kappa shape index (κ2) is 5.31. The number of hydrogen-bond acceptors (Lipinski definition) is 1.